The largest absolute Gasteiger partial charge is 0.330 e. The van der Waals surface area contributed by atoms with Gasteiger partial charge in [-0.05, 0) is 6.92 Å². The third kappa shape index (κ3) is 3.46. The molecule has 3 aromatic rings. The van der Waals surface area contributed by atoms with Crippen molar-refractivity contribution in [2.45, 2.75) is 32.2 Å². The Labute approximate surface area is 154 Å². The zero-order chi connectivity index (χ0) is 19.0. The summed E-state index contributed by atoms with van der Waals surface area (Å²) < 4.78 is 3.19. The van der Waals surface area contributed by atoms with Crippen LogP contribution < -0.4 is 11.2 Å². The van der Waals surface area contributed by atoms with E-state index in [2.05, 4.69) is 15.3 Å². The maximum Gasteiger partial charge on any atom is 0.330 e. The average Bonchev–Trinajstić information content (AvgIpc) is 3.26. The Morgan fingerprint density at radius 1 is 1.22 bits per heavy atom. The standard InChI is InChI=1S/C18H20N6O3/c1-12-9-24(18(26)19-17(12)25)16-8-14(22(2)27-16)10-23-11-15(20-21-23)13-6-4-3-5-7-13/h3-7,9,11,14,16H,8,10H2,1-2H3,(H,19,25,26)/t14-,16+/m1/s1. The Bertz CT molecular complexity index is 1050. The summed E-state index contributed by atoms with van der Waals surface area (Å²) in [4.78, 5) is 31.8. The van der Waals surface area contributed by atoms with Crippen LogP contribution in [0.15, 0.2) is 52.3 Å². The summed E-state index contributed by atoms with van der Waals surface area (Å²) in [6.45, 7) is 2.23. The fourth-order valence-electron chi connectivity index (χ4n) is 3.20. The van der Waals surface area contributed by atoms with Crippen molar-refractivity contribution in [3.8, 4) is 11.3 Å². The summed E-state index contributed by atoms with van der Waals surface area (Å²) in [6, 6.07) is 9.86. The lowest BCUT2D eigenvalue weighted by molar-refractivity contribution is -0.168. The maximum absolute atomic E-state index is 12.1. The second-order valence-electron chi connectivity index (χ2n) is 6.67. The van der Waals surface area contributed by atoms with Crippen LogP contribution in [-0.4, -0.2) is 42.7 Å². The van der Waals surface area contributed by atoms with E-state index >= 15 is 0 Å². The molecule has 0 saturated carbocycles. The maximum atomic E-state index is 12.1. The second kappa shape index (κ2) is 6.93. The number of hydrogen-bond donors (Lipinski definition) is 1. The minimum absolute atomic E-state index is 0.0134. The summed E-state index contributed by atoms with van der Waals surface area (Å²) in [5.41, 5.74) is 1.43. The number of hydroxylamine groups is 2. The summed E-state index contributed by atoms with van der Waals surface area (Å²) in [7, 11) is 1.82. The quantitative estimate of drug-likeness (QED) is 0.736. The number of nitrogens with one attached hydrogen (secondary N) is 1. The molecule has 3 heterocycles. The molecule has 1 aliphatic rings. The molecule has 0 unspecified atom stereocenters. The lowest BCUT2D eigenvalue weighted by Gasteiger charge is -2.16. The van der Waals surface area contributed by atoms with Crippen molar-refractivity contribution in [1.29, 1.82) is 0 Å². The van der Waals surface area contributed by atoms with Gasteiger partial charge in [-0.2, -0.15) is 5.06 Å². The number of likely N-dealkylation sites (N-methyl/N-ethyl adjacent to an activating group) is 1. The van der Waals surface area contributed by atoms with Gasteiger partial charge in [0.05, 0.1) is 18.8 Å². The number of benzene rings is 1. The lowest BCUT2D eigenvalue weighted by atomic mass is 10.2. The van der Waals surface area contributed by atoms with E-state index in [0.717, 1.165) is 11.3 Å². The van der Waals surface area contributed by atoms with E-state index < -0.39 is 11.9 Å². The van der Waals surface area contributed by atoms with Gasteiger partial charge < -0.3 is 0 Å². The van der Waals surface area contributed by atoms with Crippen LogP contribution in [0.3, 0.4) is 0 Å². The minimum atomic E-state index is -0.475. The van der Waals surface area contributed by atoms with Gasteiger partial charge in [0.2, 0.25) is 0 Å². The molecule has 1 saturated heterocycles. The van der Waals surface area contributed by atoms with Crippen molar-refractivity contribution in [1.82, 2.24) is 29.6 Å². The van der Waals surface area contributed by atoms with Crippen molar-refractivity contribution in [2.24, 2.45) is 0 Å². The van der Waals surface area contributed by atoms with Gasteiger partial charge >= 0.3 is 5.69 Å². The van der Waals surface area contributed by atoms with Crippen molar-refractivity contribution < 1.29 is 4.84 Å². The predicted molar refractivity (Wildman–Crippen MR) is 97.8 cm³/mol. The van der Waals surface area contributed by atoms with Crippen LogP contribution in [0.4, 0.5) is 0 Å². The Kier molecular flexibility index (Phi) is 4.46. The van der Waals surface area contributed by atoms with Crippen molar-refractivity contribution in [3.05, 3.63) is 69.1 Å². The van der Waals surface area contributed by atoms with E-state index in [1.807, 2.05) is 43.6 Å². The van der Waals surface area contributed by atoms with Crippen LogP contribution >= 0.6 is 0 Å². The molecule has 2 atom stereocenters. The zero-order valence-corrected chi connectivity index (χ0v) is 15.1. The first kappa shape index (κ1) is 17.4. The van der Waals surface area contributed by atoms with Gasteiger partial charge in [0.15, 0.2) is 6.23 Å². The fourth-order valence-corrected chi connectivity index (χ4v) is 3.20. The summed E-state index contributed by atoms with van der Waals surface area (Å²) in [5.74, 6) is 0. The van der Waals surface area contributed by atoms with Crippen LogP contribution in [0.1, 0.15) is 18.2 Å². The van der Waals surface area contributed by atoms with Gasteiger partial charge in [-0.3, -0.25) is 23.9 Å². The predicted octanol–water partition coefficient (Wildman–Crippen LogP) is 0.938. The van der Waals surface area contributed by atoms with Crippen LogP contribution in [-0.2, 0) is 11.4 Å². The molecule has 1 N–H and O–H groups in total. The molecular formula is C18H20N6O3. The summed E-state index contributed by atoms with van der Waals surface area (Å²) in [5, 5.41) is 10.1. The molecular weight excluding hydrogens is 348 g/mol. The molecule has 1 aromatic carbocycles. The Hall–Kier alpha value is -3.04. The highest BCUT2D eigenvalue weighted by Gasteiger charge is 2.33. The molecule has 4 rings (SSSR count). The highest BCUT2D eigenvalue weighted by molar-refractivity contribution is 5.57. The van der Waals surface area contributed by atoms with Gasteiger partial charge in [-0.15, -0.1) is 5.10 Å². The van der Waals surface area contributed by atoms with Gasteiger partial charge in [0, 0.05) is 30.8 Å². The van der Waals surface area contributed by atoms with Crippen LogP contribution in [0.25, 0.3) is 11.3 Å². The van der Waals surface area contributed by atoms with Crippen LogP contribution in [0, 0.1) is 6.92 Å². The molecule has 0 spiro atoms. The topological polar surface area (TPSA) is 98.0 Å². The SMILES string of the molecule is Cc1cn([C@@H]2C[C@H](Cn3cc(-c4ccccc4)nn3)N(C)O2)c(=O)[nH]c1=O. The number of aryl methyl sites for hydroxylation is 1. The third-order valence-electron chi connectivity index (χ3n) is 4.74. The van der Waals surface area contributed by atoms with Gasteiger partial charge in [-0.25, -0.2) is 4.79 Å². The molecule has 27 heavy (non-hydrogen) atoms. The fraction of sp³-hybridized carbons (Fsp3) is 0.333. The van der Waals surface area contributed by atoms with E-state index in [9.17, 15) is 9.59 Å². The average molecular weight is 368 g/mol. The monoisotopic (exact) mass is 368 g/mol. The Morgan fingerprint density at radius 2 is 2.00 bits per heavy atom. The van der Waals surface area contributed by atoms with E-state index in [1.165, 1.54) is 10.8 Å². The van der Waals surface area contributed by atoms with E-state index in [0.29, 0.717) is 18.5 Å². The second-order valence-corrected chi connectivity index (χ2v) is 6.67. The number of aromatic nitrogens is 5. The summed E-state index contributed by atoms with van der Waals surface area (Å²) in [6.07, 6.45) is 3.54. The van der Waals surface area contributed by atoms with E-state index in [1.54, 1.807) is 16.7 Å². The molecule has 0 radical (unpaired) electrons. The molecule has 0 bridgehead atoms. The highest BCUT2D eigenvalue weighted by atomic mass is 16.7. The Balaban J connectivity index is 1.50. The van der Waals surface area contributed by atoms with Gasteiger partial charge in [0.25, 0.3) is 5.56 Å². The summed E-state index contributed by atoms with van der Waals surface area (Å²) >= 11 is 0. The first-order valence-electron chi connectivity index (χ1n) is 8.68. The molecule has 1 aliphatic heterocycles. The molecule has 2 aromatic heterocycles. The molecule has 0 amide bonds. The normalized spacial score (nSPS) is 20.2. The minimum Gasteiger partial charge on any atom is -0.274 e. The smallest absolute Gasteiger partial charge is 0.274 e. The number of aromatic amines is 1. The molecule has 140 valence electrons. The van der Waals surface area contributed by atoms with E-state index in [4.69, 9.17) is 4.84 Å². The number of H-pyrrole nitrogens is 1. The number of nitrogens with zero attached hydrogens (tertiary/aromatic N) is 5. The van der Waals surface area contributed by atoms with Crippen LogP contribution in [0.5, 0.6) is 0 Å². The number of rotatable bonds is 4. The first-order chi connectivity index (χ1) is 13.0. The van der Waals surface area contributed by atoms with Gasteiger partial charge in [-0.1, -0.05) is 35.5 Å². The molecule has 0 aliphatic carbocycles. The molecule has 9 nitrogen and oxygen atoms in total. The van der Waals surface area contributed by atoms with Crippen molar-refractivity contribution in [2.75, 3.05) is 7.05 Å². The zero-order valence-electron chi connectivity index (χ0n) is 15.1. The number of hydrogen-bond acceptors (Lipinski definition) is 6. The highest BCUT2D eigenvalue weighted by Crippen LogP contribution is 2.27. The lowest BCUT2D eigenvalue weighted by Crippen LogP contribution is -2.33. The molecule has 1 fully saturated rings. The first-order valence-corrected chi connectivity index (χ1v) is 8.68. The van der Waals surface area contributed by atoms with Gasteiger partial charge in [0.1, 0.15) is 5.69 Å². The molecule has 9 heteroatoms. The van der Waals surface area contributed by atoms with Crippen molar-refractivity contribution >= 4 is 0 Å². The van der Waals surface area contributed by atoms with E-state index in [-0.39, 0.29) is 11.6 Å². The van der Waals surface area contributed by atoms with Crippen molar-refractivity contribution in [3.63, 3.8) is 0 Å². The van der Waals surface area contributed by atoms with Crippen LogP contribution in [0.2, 0.25) is 0 Å². The third-order valence-corrected chi connectivity index (χ3v) is 4.74. The Morgan fingerprint density at radius 3 is 2.78 bits per heavy atom.